The van der Waals surface area contributed by atoms with Crippen LogP contribution in [0, 0.1) is 0 Å². The summed E-state index contributed by atoms with van der Waals surface area (Å²) in [6.45, 7) is 0. The second kappa shape index (κ2) is 2.69. The van der Waals surface area contributed by atoms with Gasteiger partial charge in [0.05, 0.1) is 5.37 Å². The van der Waals surface area contributed by atoms with Crippen LogP contribution >= 0.6 is 12.2 Å². The number of hydrogen-bond acceptors (Lipinski definition) is 1. The molecule has 0 aliphatic carbocycles. The Hall–Kier alpha value is -0.760. The Labute approximate surface area is 59.9 Å². The van der Waals surface area contributed by atoms with Crippen molar-refractivity contribution in [1.29, 1.82) is 0 Å². The minimum atomic E-state index is 1.06. The van der Waals surface area contributed by atoms with Crippen LogP contribution in [0.1, 0.15) is 5.69 Å². The van der Waals surface area contributed by atoms with E-state index >= 15 is 0 Å². The first-order valence-corrected chi connectivity index (χ1v) is 3.21. The molecule has 1 nitrogen and oxygen atoms in total. The van der Waals surface area contributed by atoms with Crippen molar-refractivity contribution in [3.8, 4) is 0 Å². The number of aryl methyl sites for hydroxylation is 1. The van der Waals surface area contributed by atoms with Gasteiger partial charge in [0.2, 0.25) is 5.69 Å². The number of nitrogens with zero attached hydrogens (tertiary/aromatic N) is 1. The highest BCUT2D eigenvalue weighted by atomic mass is 32.1. The van der Waals surface area contributed by atoms with Crippen LogP contribution in [0.2, 0.25) is 0 Å². The standard InChI is InChI=1S/C7H8NS/c1-8-5-3-2-4-7(8)6-9/h2-6H,1H3/q+1. The van der Waals surface area contributed by atoms with Crippen molar-refractivity contribution in [3.05, 3.63) is 30.1 Å². The van der Waals surface area contributed by atoms with E-state index in [1.54, 1.807) is 5.37 Å². The third kappa shape index (κ3) is 1.33. The van der Waals surface area contributed by atoms with Crippen LogP contribution in [0.5, 0.6) is 0 Å². The Morgan fingerprint density at radius 3 is 2.78 bits per heavy atom. The van der Waals surface area contributed by atoms with Crippen LogP contribution in [-0.2, 0) is 7.05 Å². The van der Waals surface area contributed by atoms with Crippen LogP contribution < -0.4 is 4.57 Å². The fourth-order valence-electron chi connectivity index (χ4n) is 0.659. The van der Waals surface area contributed by atoms with Crippen LogP contribution in [0.4, 0.5) is 0 Å². The van der Waals surface area contributed by atoms with E-state index in [9.17, 15) is 0 Å². The average molecular weight is 138 g/mol. The first kappa shape index (κ1) is 6.36. The lowest BCUT2D eigenvalue weighted by Gasteiger charge is -1.87. The Morgan fingerprint density at radius 1 is 1.56 bits per heavy atom. The zero-order valence-electron chi connectivity index (χ0n) is 5.24. The van der Waals surface area contributed by atoms with E-state index in [4.69, 9.17) is 12.2 Å². The summed E-state index contributed by atoms with van der Waals surface area (Å²) >= 11 is 4.76. The van der Waals surface area contributed by atoms with Crippen molar-refractivity contribution in [2.24, 2.45) is 7.05 Å². The van der Waals surface area contributed by atoms with Gasteiger partial charge in [-0.05, 0) is 6.07 Å². The number of hydrogen-bond donors (Lipinski definition) is 0. The zero-order chi connectivity index (χ0) is 6.69. The van der Waals surface area contributed by atoms with Crippen LogP contribution in [0.25, 0.3) is 0 Å². The molecule has 0 saturated carbocycles. The van der Waals surface area contributed by atoms with Gasteiger partial charge in [0.25, 0.3) is 0 Å². The predicted octanol–water partition coefficient (Wildman–Crippen LogP) is 0.859. The van der Waals surface area contributed by atoms with Gasteiger partial charge in [-0.3, -0.25) is 0 Å². The van der Waals surface area contributed by atoms with Crippen molar-refractivity contribution in [2.75, 3.05) is 0 Å². The minimum Gasteiger partial charge on any atom is -0.201 e. The molecule has 0 saturated heterocycles. The number of rotatable bonds is 1. The Bertz CT molecular complexity index is 220. The van der Waals surface area contributed by atoms with Crippen LogP contribution in [-0.4, -0.2) is 5.37 Å². The fourth-order valence-corrected chi connectivity index (χ4v) is 0.904. The molecule has 1 aromatic rings. The molecule has 0 aromatic carbocycles. The molecule has 0 atom stereocenters. The summed E-state index contributed by atoms with van der Waals surface area (Å²) in [5, 5.41) is 1.67. The molecular weight excluding hydrogens is 130 g/mol. The van der Waals surface area contributed by atoms with Gasteiger partial charge in [-0.1, -0.05) is 12.2 Å². The van der Waals surface area contributed by atoms with Gasteiger partial charge in [-0.2, -0.15) is 0 Å². The van der Waals surface area contributed by atoms with E-state index < -0.39 is 0 Å². The molecule has 0 aliphatic heterocycles. The summed E-state index contributed by atoms with van der Waals surface area (Å²) in [6.07, 6.45) is 1.97. The lowest BCUT2D eigenvalue weighted by molar-refractivity contribution is -0.672. The summed E-state index contributed by atoms with van der Waals surface area (Å²) in [7, 11) is 1.97. The topological polar surface area (TPSA) is 3.88 Å². The highest BCUT2D eigenvalue weighted by Crippen LogP contribution is 1.84. The monoisotopic (exact) mass is 138 g/mol. The van der Waals surface area contributed by atoms with Crippen LogP contribution in [0.3, 0.4) is 0 Å². The molecule has 2 heteroatoms. The van der Waals surface area contributed by atoms with Crippen molar-refractivity contribution >= 4 is 17.6 Å². The van der Waals surface area contributed by atoms with Gasteiger partial charge in [-0.15, -0.1) is 0 Å². The predicted molar refractivity (Wildman–Crippen MR) is 40.4 cm³/mol. The maximum atomic E-state index is 4.76. The lowest BCUT2D eigenvalue weighted by Crippen LogP contribution is -2.31. The quantitative estimate of drug-likeness (QED) is 0.411. The summed E-state index contributed by atoms with van der Waals surface area (Å²) in [4.78, 5) is 0. The van der Waals surface area contributed by atoms with E-state index in [0.29, 0.717) is 0 Å². The van der Waals surface area contributed by atoms with Gasteiger partial charge < -0.3 is 0 Å². The zero-order valence-corrected chi connectivity index (χ0v) is 6.06. The number of pyridine rings is 1. The summed E-state index contributed by atoms with van der Waals surface area (Å²) < 4.78 is 1.98. The summed E-state index contributed by atoms with van der Waals surface area (Å²) in [6, 6.07) is 5.92. The van der Waals surface area contributed by atoms with Crippen molar-refractivity contribution in [1.82, 2.24) is 0 Å². The van der Waals surface area contributed by atoms with E-state index in [1.165, 1.54) is 0 Å². The first-order valence-electron chi connectivity index (χ1n) is 2.74. The first-order chi connectivity index (χ1) is 4.34. The maximum absolute atomic E-state index is 4.76. The SMILES string of the molecule is C[n+]1ccccc1C=S. The number of aromatic nitrogens is 1. The molecule has 0 amide bonds. The van der Waals surface area contributed by atoms with E-state index in [-0.39, 0.29) is 0 Å². The molecule has 1 aromatic heterocycles. The van der Waals surface area contributed by atoms with Gasteiger partial charge >= 0.3 is 0 Å². The molecule has 1 heterocycles. The molecule has 46 valence electrons. The fraction of sp³-hybridized carbons (Fsp3) is 0.143. The molecule has 0 fully saturated rings. The van der Waals surface area contributed by atoms with Gasteiger partial charge in [0.1, 0.15) is 7.05 Å². The average Bonchev–Trinajstić information content (AvgIpc) is 1.89. The molecule has 0 unspecified atom stereocenters. The molecule has 9 heavy (non-hydrogen) atoms. The molecular formula is C7H8NS+. The van der Waals surface area contributed by atoms with Gasteiger partial charge in [0, 0.05) is 12.1 Å². The largest absolute Gasteiger partial charge is 0.215 e. The van der Waals surface area contributed by atoms with Gasteiger partial charge in [-0.25, -0.2) is 4.57 Å². The molecule has 0 radical (unpaired) electrons. The summed E-state index contributed by atoms with van der Waals surface area (Å²) in [5.41, 5.74) is 1.06. The molecule has 1 rings (SSSR count). The van der Waals surface area contributed by atoms with Crippen molar-refractivity contribution in [2.45, 2.75) is 0 Å². The highest BCUT2D eigenvalue weighted by molar-refractivity contribution is 7.79. The molecule has 0 aliphatic rings. The van der Waals surface area contributed by atoms with E-state index in [2.05, 4.69) is 0 Å². The summed E-state index contributed by atoms with van der Waals surface area (Å²) in [5.74, 6) is 0. The second-order valence-corrected chi connectivity index (χ2v) is 2.09. The third-order valence-electron chi connectivity index (χ3n) is 1.22. The molecule has 0 spiro atoms. The third-order valence-corrected chi connectivity index (χ3v) is 1.46. The van der Waals surface area contributed by atoms with Crippen molar-refractivity contribution < 1.29 is 4.57 Å². The Balaban J connectivity index is 3.15. The normalized spacial score (nSPS) is 9.00. The maximum Gasteiger partial charge on any atom is 0.215 e. The minimum absolute atomic E-state index is 1.06. The smallest absolute Gasteiger partial charge is 0.201 e. The second-order valence-electron chi connectivity index (χ2n) is 1.85. The highest BCUT2D eigenvalue weighted by Gasteiger charge is 1.96. The Morgan fingerprint density at radius 2 is 2.33 bits per heavy atom. The molecule has 0 bridgehead atoms. The molecule has 0 N–H and O–H groups in total. The van der Waals surface area contributed by atoms with Crippen LogP contribution in [0.15, 0.2) is 24.4 Å². The van der Waals surface area contributed by atoms with Crippen molar-refractivity contribution in [3.63, 3.8) is 0 Å². The van der Waals surface area contributed by atoms with E-state index in [1.807, 2.05) is 36.0 Å². The Kier molecular flexibility index (Phi) is 1.90. The van der Waals surface area contributed by atoms with Gasteiger partial charge in [0.15, 0.2) is 6.20 Å². The number of thiocarbonyl (C=S) groups is 1. The van der Waals surface area contributed by atoms with E-state index in [0.717, 1.165) is 5.69 Å². The lowest BCUT2D eigenvalue weighted by atomic mass is 10.4.